The van der Waals surface area contributed by atoms with E-state index in [-0.39, 0.29) is 22.1 Å². The van der Waals surface area contributed by atoms with E-state index in [0.717, 1.165) is 0 Å². The van der Waals surface area contributed by atoms with Crippen molar-refractivity contribution in [2.45, 2.75) is 0 Å². The first-order valence-electron chi connectivity index (χ1n) is 5.04. The molecule has 0 spiro atoms. The Bertz CT molecular complexity index is 641. The summed E-state index contributed by atoms with van der Waals surface area (Å²) in [6.07, 6.45) is 3.16. The van der Waals surface area contributed by atoms with Crippen molar-refractivity contribution in [1.29, 1.82) is 0 Å². The van der Waals surface area contributed by atoms with Crippen LogP contribution in [0, 0.1) is 10.1 Å². The van der Waals surface area contributed by atoms with Crippen molar-refractivity contribution >= 4 is 41.0 Å². The van der Waals surface area contributed by atoms with Crippen LogP contribution >= 0.6 is 23.2 Å². The summed E-state index contributed by atoms with van der Waals surface area (Å²) in [6, 6.07) is 6.15. The van der Waals surface area contributed by atoms with Crippen LogP contribution in [0.1, 0.15) is 11.4 Å². The molecule has 0 saturated heterocycles. The Balaban J connectivity index is 2.27. The Kier molecular flexibility index (Phi) is 4.03. The van der Waals surface area contributed by atoms with Gasteiger partial charge in [-0.2, -0.15) is 15.0 Å². The molecule has 0 unspecified atom stereocenters. The van der Waals surface area contributed by atoms with E-state index in [1.54, 1.807) is 24.3 Å². The van der Waals surface area contributed by atoms with Crippen molar-refractivity contribution in [3.8, 4) is 0 Å². The lowest BCUT2D eigenvalue weighted by Crippen LogP contribution is -1.92. The fourth-order valence-electron chi connectivity index (χ4n) is 1.33. The van der Waals surface area contributed by atoms with E-state index >= 15 is 0 Å². The van der Waals surface area contributed by atoms with E-state index in [1.807, 2.05) is 0 Å². The number of halogens is 2. The molecular formula is C11H6Cl2N4O2. The largest absolute Gasteiger partial charge is 0.270 e. The lowest BCUT2D eigenvalue weighted by atomic mass is 10.2. The summed E-state index contributed by atoms with van der Waals surface area (Å²) in [6.45, 7) is 0. The Morgan fingerprint density at radius 3 is 2.42 bits per heavy atom. The summed E-state index contributed by atoms with van der Waals surface area (Å²) in [5.74, 6) is 0.275. The van der Waals surface area contributed by atoms with Crippen molar-refractivity contribution in [3.63, 3.8) is 0 Å². The zero-order valence-electron chi connectivity index (χ0n) is 9.33. The molecule has 1 aromatic heterocycles. The predicted octanol–water partition coefficient (Wildman–Crippen LogP) is 3.26. The molecule has 0 bridgehead atoms. The number of benzene rings is 1. The Morgan fingerprint density at radius 1 is 1.11 bits per heavy atom. The van der Waals surface area contributed by atoms with E-state index in [4.69, 9.17) is 23.2 Å². The molecule has 1 aromatic carbocycles. The second-order valence-corrected chi connectivity index (χ2v) is 4.09. The van der Waals surface area contributed by atoms with Crippen LogP contribution in [0.25, 0.3) is 12.2 Å². The second kappa shape index (κ2) is 5.73. The van der Waals surface area contributed by atoms with Gasteiger partial charge in [-0.1, -0.05) is 18.2 Å². The third-order valence-electron chi connectivity index (χ3n) is 2.10. The molecule has 0 aliphatic heterocycles. The van der Waals surface area contributed by atoms with Crippen LogP contribution in [0.15, 0.2) is 24.3 Å². The molecule has 19 heavy (non-hydrogen) atoms. The monoisotopic (exact) mass is 296 g/mol. The number of hydrogen-bond acceptors (Lipinski definition) is 5. The Hall–Kier alpha value is -2.05. The highest BCUT2D eigenvalue weighted by atomic mass is 35.5. The fourth-order valence-corrected chi connectivity index (χ4v) is 1.70. The first-order chi connectivity index (χ1) is 9.04. The number of nitrogens with zero attached hydrogens (tertiary/aromatic N) is 4. The lowest BCUT2D eigenvalue weighted by molar-refractivity contribution is -0.384. The van der Waals surface area contributed by atoms with Crippen LogP contribution in [0.4, 0.5) is 5.69 Å². The van der Waals surface area contributed by atoms with E-state index in [9.17, 15) is 10.1 Å². The molecule has 6 nitrogen and oxygen atoms in total. The number of aromatic nitrogens is 3. The number of hydrogen-bond donors (Lipinski definition) is 0. The molecule has 0 amide bonds. The van der Waals surface area contributed by atoms with Gasteiger partial charge in [0.15, 0.2) is 5.82 Å². The third-order valence-corrected chi connectivity index (χ3v) is 2.44. The highest BCUT2D eigenvalue weighted by molar-refractivity contribution is 6.31. The molecule has 0 aliphatic rings. The van der Waals surface area contributed by atoms with Gasteiger partial charge in [0.2, 0.25) is 10.6 Å². The zero-order valence-corrected chi connectivity index (χ0v) is 10.8. The maximum absolute atomic E-state index is 10.6. The zero-order chi connectivity index (χ0) is 13.8. The second-order valence-electron chi connectivity index (χ2n) is 3.42. The lowest BCUT2D eigenvalue weighted by Gasteiger charge is -1.96. The van der Waals surface area contributed by atoms with Crippen molar-refractivity contribution in [3.05, 3.63) is 56.3 Å². The van der Waals surface area contributed by atoms with Gasteiger partial charge in [0.25, 0.3) is 5.69 Å². The first-order valence-corrected chi connectivity index (χ1v) is 5.80. The predicted molar refractivity (Wildman–Crippen MR) is 71.9 cm³/mol. The number of nitro benzene ring substituents is 1. The maximum Gasteiger partial charge on any atom is 0.270 e. The van der Waals surface area contributed by atoms with Gasteiger partial charge in [0.1, 0.15) is 0 Å². The topological polar surface area (TPSA) is 81.8 Å². The van der Waals surface area contributed by atoms with Crippen molar-refractivity contribution in [2.24, 2.45) is 0 Å². The van der Waals surface area contributed by atoms with Crippen LogP contribution in [0.3, 0.4) is 0 Å². The number of non-ortho nitro benzene ring substituents is 1. The van der Waals surface area contributed by atoms with Gasteiger partial charge < -0.3 is 0 Å². The van der Waals surface area contributed by atoms with Crippen molar-refractivity contribution in [2.75, 3.05) is 0 Å². The summed E-state index contributed by atoms with van der Waals surface area (Å²) < 4.78 is 0. The summed E-state index contributed by atoms with van der Waals surface area (Å²) in [5.41, 5.74) is 0.649. The molecule has 0 aliphatic carbocycles. The van der Waals surface area contributed by atoms with Crippen LogP contribution in [0.5, 0.6) is 0 Å². The standard InChI is InChI=1S/C11H6Cl2N4O2/c12-10-14-9(15-11(13)16-10)5-4-7-2-1-3-8(6-7)17(18)19/h1-6H. The molecule has 1 heterocycles. The quantitative estimate of drug-likeness (QED) is 0.641. The van der Waals surface area contributed by atoms with Crippen molar-refractivity contribution in [1.82, 2.24) is 15.0 Å². The third kappa shape index (κ3) is 3.70. The molecule has 0 fully saturated rings. The van der Waals surface area contributed by atoms with Gasteiger partial charge in [0, 0.05) is 12.1 Å². The van der Waals surface area contributed by atoms with Gasteiger partial charge in [-0.3, -0.25) is 10.1 Å². The van der Waals surface area contributed by atoms with Gasteiger partial charge in [-0.05, 0) is 34.8 Å². The average molecular weight is 297 g/mol. The minimum Gasteiger partial charge on any atom is -0.258 e. The van der Waals surface area contributed by atoms with Gasteiger partial charge >= 0.3 is 0 Å². The molecule has 0 N–H and O–H groups in total. The minimum absolute atomic E-state index is 0.00821. The van der Waals surface area contributed by atoms with Gasteiger partial charge in [0.05, 0.1) is 4.92 Å². The molecule has 0 radical (unpaired) electrons. The minimum atomic E-state index is -0.464. The number of rotatable bonds is 3. The maximum atomic E-state index is 10.6. The SMILES string of the molecule is O=[N+]([O-])c1cccc(C=Cc2nc(Cl)nc(Cl)n2)c1. The summed E-state index contributed by atoms with van der Waals surface area (Å²) in [4.78, 5) is 21.5. The van der Waals surface area contributed by atoms with E-state index in [2.05, 4.69) is 15.0 Å². The smallest absolute Gasteiger partial charge is 0.258 e. The van der Waals surface area contributed by atoms with Crippen molar-refractivity contribution < 1.29 is 4.92 Å². The molecule has 0 saturated carbocycles. The molecule has 96 valence electrons. The Labute approximate surface area is 117 Å². The summed E-state index contributed by atoms with van der Waals surface area (Å²) in [7, 11) is 0. The molecule has 8 heteroatoms. The van der Waals surface area contributed by atoms with Gasteiger partial charge in [-0.15, -0.1) is 0 Å². The Morgan fingerprint density at radius 2 is 1.79 bits per heavy atom. The molecule has 2 rings (SSSR count). The number of nitro groups is 1. The van der Waals surface area contributed by atoms with Gasteiger partial charge in [-0.25, -0.2) is 0 Å². The molecule has 2 aromatic rings. The highest BCUT2D eigenvalue weighted by Gasteiger charge is 2.04. The summed E-state index contributed by atoms with van der Waals surface area (Å²) >= 11 is 11.3. The fraction of sp³-hybridized carbons (Fsp3) is 0. The molecular weight excluding hydrogens is 291 g/mol. The van der Waals surface area contributed by atoms with E-state index in [0.29, 0.717) is 5.56 Å². The van der Waals surface area contributed by atoms with Crippen LogP contribution < -0.4 is 0 Å². The van der Waals surface area contributed by atoms with E-state index < -0.39 is 4.92 Å². The van der Waals surface area contributed by atoms with Crippen LogP contribution in [-0.4, -0.2) is 19.9 Å². The normalized spacial score (nSPS) is 10.8. The average Bonchev–Trinajstić information content (AvgIpc) is 2.35. The summed E-state index contributed by atoms with van der Waals surface area (Å²) in [5, 5.41) is 10.6. The van der Waals surface area contributed by atoms with Crippen LogP contribution in [-0.2, 0) is 0 Å². The molecule has 0 atom stereocenters. The first kappa shape index (κ1) is 13.4. The van der Waals surface area contributed by atoms with E-state index in [1.165, 1.54) is 12.1 Å². The van der Waals surface area contributed by atoms with Crippen LogP contribution in [0.2, 0.25) is 10.6 Å². The highest BCUT2D eigenvalue weighted by Crippen LogP contribution is 2.15.